The largest absolute Gasteiger partial charge is 0.344 e. The second-order valence-corrected chi connectivity index (χ2v) is 3.54. The third-order valence-electron chi connectivity index (χ3n) is 1.84. The Bertz CT molecular complexity index is 248. The normalized spacial score (nSPS) is 10.7. The van der Waals surface area contributed by atoms with E-state index in [0.717, 1.165) is 0 Å². The summed E-state index contributed by atoms with van der Waals surface area (Å²) >= 11 is 0. The van der Waals surface area contributed by atoms with Crippen molar-refractivity contribution in [2.45, 2.75) is 26.3 Å². The summed E-state index contributed by atoms with van der Waals surface area (Å²) in [6.45, 7) is 6.13. The molecule has 0 amide bonds. The van der Waals surface area contributed by atoms with Crippen LogP contribution < -0.4 is 11.9 Å². The predicted octanol–water partition coefficient (Wildman–Crippen LogP) is 2.35. The lowest BCUT2D eigenvalue weighted by Gasteiger charge is -2.21. The number of benzene rings is 1. The molecule has 0 saturated heterocycles. The second kappa shape index (κ2) is 3.70. The number of hydrogen-bond donors (Lipinski definition) is 2. The van der Waals surface area contributed by atoms with E-state index in [1.807, 2.05) is 26.0 Å². The molecule has 0 fully saturated rings. The van der Waals surface area contributed by atoms with Gasteiger partial charge in [-0.15, -0.1) is 0 Å². The quantitative estimate of drug-likeness (QED) is 0.672. The molecule has 1 aromatic rings. The predicted molar refractivity (Wildman–Crippen MR) is 53.4 cm³/mol. The molecule has 0 aliphatic carbocycles. The van der Waals surface area contributed by atoms with Crippen molar-refractivity contribution in [3.63, 3.8) is 0 Å². The van der Waals surface area contributed by atoms with E-state index in [0.29, 0.717) is 0 Å². The SMILES string of the molecule is Cc1ccccc1C(C)(C)N.N. The summed E-state index contributed by atoms with van der Waals surface area (Å²) in [5, 5.41) is 0. The first-order chi connectivity index (χ1) is 5.02. The van der Waals surface area contributed by atoms with E-state index >= 15 is 0 Å². The smallest absolute Gasteiger partial charge is 0.0355 e. The Labute approximate surface area is 74.4 Å². The van der Waals surface area contributed by atoms with Gasteiger partial charge in [-0.25, -0.2) is 0 Å². The molecular formula is C10H18N2. The molecule has 0 spiro atoms. The van der Waals surface area contributed by atoms with Gasteiger partial charge >= 0.3 is 0 Å². The molecule has 0 unspecified atom stereocenters. The summed E-state index contributed by atoms with van der Waals surface area (Å²) in [7, 11) is 0. The van der Waals surface area contributed by atoms with Gasteiger partial charge in [-0.3, -0.25) is 0 Å². The highest BCUT2D eigenvalue weighted by atomic mass is 14.7. The lowest BCUT2D eigenvalue weighted by molar-refractivity contribution is 0.551. The summed E-state index contributed by atoms with van der Waals surface area (Å²) < 4.78 is 0. The minimum atomic E-state index is -0.217. The van der Waals surface area contributed by atoms with Crippen molar-refractivity contribution >= 4 is 0 Å². The Kier molecular flexibility index (Phi) is 3.43. The Morgan fingerprint density at radius 1 is 1.17 bits per heavy atom. The Hall–Kier alpha value is -0.860. The van der Waals surface area contributed by atoms with Crippen molar-refractivity contribution in [1.29, 1.82) is 0 Å². The minimum absolute atomic E-state index is 0. The van der Waals surface area contributed by atoms with E-state index in [1.54, 1.807) is 0 Å². The van der Waals surface area contributed by atoms with Crippen molar-refractivity contribution in [2.75, 3.05) is 0 Å². The molecule has 5 N–H and O–H groups in total. The van der Waals surface area contributed by atoms with Crippen molar-refractivity contribution in [1.82, 2.24) is 6.15 Å². The van der Waals surface area contributed by atoms with Crippen LogP contribution >= 0.6 is 0 Å². The third kappa shape index (κ3) is 2.32. The molecule has 2 nitrogen and oxygen atoms in total. The second-order valence-electron chi connectivity index (χ2n) is 3.54. The molecule has 12 heavy (non-hydrogen) atoms. The van der Waals surface area contributed by atoms with Crippen LogP contribution in [-0.2, 0) is 5.54 Å². The zero-order valence-electron chi connectivity index (χ0n) is 8.09. The van der Waals surface area contributed by atoms with Crippen LogP contribution in [0.3, 0.4) is 0 Å². The molecule has 0 bridgehead atoms. The van der Waals surface area contributed by atoms with Crippen molar-refractivity contribution in [3.05, 3.63) is 35.4 Å². The molecule has 1 aromatic carbocycles. The first-order valence-electron chi connectivity index (χ1n) is 3.87. The molecule has 0 aromatic heterocycles. The van der Waals surface area contributed by atoms with Crippen LogP contribution in [0.2, 0.25) is 0 Å². The van der Waals surface area contributed by atoms with Crippen LogP contribution in [0.15, 0.2) is 24.3 Å². The molecule has 0 aliphatic heterocycles. The highest BCUT2D eigenvalue weighted by molar-refractivity contribution is 5.30. The molecular weight excluding hydrogens is 148 g/mol. The average molecular weight is 166 g/mol. The van der Waals surface area contributed by atoms with Gasteiger partial charge in [0.2, 0.25) is 0 Å². The summed E-state index contributed by atoms with van der Waals surface area (Å²) in [5.41, 5.74) is 8.23. The van der Waals surface area contributed by atoms with Gasteiger partial charge in [-0.1, -0.05) is 24.3 Å². The standard InChI is InChI=1S/C10H15N.H3N/c1-8-6-4-5-7-9(8)10(2,3)11;/h4-7H,11H2,1-3H3;1H3. The first kappa shape index (κ1) is 11.1. The molecule has 0 saturated carbocycles. The van der Waals surface area contributed by atoms with E-state index in [4.69, 9.17) is 5.73 Å². The fourth-order valence-corrected chi connectivity index (χ4v) is 1.30. The number of aryl methyl sites for hydroxylation is 1. The Morgan fingerprint density at radius 2 is 1.67 bits per heavy atom. The third-order valence-corrected chi connectivity index (χ3v) is 1.84. The highest BCUT2D eigenvalue weighted by Crippen LogP contribution is 2.19. The van der Waals surface area contributed by atoms with E-state index in [-0.39, 0.29) is 11.7 Å². The zero-order chi connectivity index (χ0) is 8.48. The number of rotatable bonds is 1. The van der Waals surface area contributed by atoms with Crippen molar-refractivity contribution in [2.24, 2.45) is 5.73 Å². The molecule has 0 aliphatic rings. The lowest BCUT2D eigenvalue weighted by Crippen LogP contribution is -2.29. The van der Waals surface area contributed by atoms with Crippen LogP contribution in [0, 0.1) is 6.92 Å². The molecule has 0 atom stereocenters. The number of nitrogens with two attached hydrogens (primary N) is 1. The van der Waals surface area contributed by atoms with Gasteiger partial charge in [0.15, 0.2) is 0 Å². The Morgan fingerprint density at radius 3 is 2.00 bits per heavy atom. The maximum Gasteiger partial charge on any atom is 0.0355 e. The summed E-state index contributed by atoms with van der Waals surface area (Å²) in [5.74, 6) is 0. The van der Waals surface area contributed by atoms with E-state index in [2.05, 4.69) is 19.1 Å². The van der Waals surface area contributed by atoms with Gasteiger partial charge in [-0.2, -0.15) is 0 Å². The first-order valence-corrected chi connectivity index (χ1v) is 3.87. The van der Waals surface area contributed by atoms with E-state index in [1.165, 1.54) is 11.1 Å². The van der Waals surface area contributed by atoms with Crippen molar-refractivity contribution < 1.29 is 0 Å². The van der Waals surface area contributed by atoms with Gasteiger partial charge in [0.05, 0.1) is 0 Å². The van der Waals surface area contributed by atoms with Crippen LogP contribution in [0.4, 0.5) is 0 Å². The molecule has 1 rings (SSSR count). The Balaban J connectivity index is 0.00000121. The van der Waals surface area contributed by atoms with Gasteiger partial charge < -0.3 is 11.9 Å². The van der Waals surface area contributed by atoms with Crippen LogP contribution in [0.5, 0.6) is 0 Å². The number of hydrogen-bond acceptors (Lipinski definition) is 2. The van der Waals surface area contributed by atoms with Gasteiger partial charge in [0.1, 0.15) is 0 Å². The molecule has 0 heterocycles. The van der Waals surface area contributed by atoms with Gasteiger partial charge in [0, 0.05) is 5.54 Å². The zero-order valence-corrected chi connectivity index (χ0v) is 8.09. The fraction of sp³-hybridized carbons (Fsp3) is 0.400. The maximum atomic E-state index is 5.96. The van der Waals surface area contributed by atoms with Crippen LogP contribution in [0.25, 0.3) is 0 Å². The van der Waals surface area contributed by atoms with Crippen LogP contribution in [0.1, 0.15) is 25.0 Å². The fourth-order valence-electron chi connectivity index (χ4n) is 1.30. The molecule has 68 valence electrons. The summed E-state index contributed by atoms with van der Waals surface area (Å²) in [4.78, 5) is 0. The molecule has 0 radical (unpaired) electrons. The van der Waals surface area contributed by atoms with Gasteiger partial charge in [-0.05, 0) is 31.9 Å². The molecule has 2 heteroatoms. The summed E-state index contributed by atoms with van der Waals surface area (Å²) in [6.07, 6.45) is 0. The highest BCUT2D eigenvalue weighted by Gasteiger charge is 2.14. The topological polar surface area (TPSA) is 61.0 Å². The summed E-state index contributed by atoms with van der Waals surface area (Å²) in [6, 6.07) is 8.22. The lowest BCUT2D eigenvalue weighted by atomic mass is 9.92. The minimum Gasteiger partial charge on any atom is -0.344 e. The van der Waals surface area contributed by atoms with Crippen LogP contribution in [-0.4, -0.2) is 0 Å². The van der Waals surface area contributed by atoms with E-state index < -0.39 is 0 Å². The average Bonchev–Trinajstić information content (AvgIpc) is 1.86. The monoisotopic (exact) mass is 166 g/mol. The van der Waals surface area contributed by atoms with E-state index in [9.17, 15) is 0 Å². The van der Waals surface area contributed by atoms with Crippen molar-refractivity contribution in [3.8, 4) is 0 Å². The van der Waals surface area contributed by atoms with Gasteiger partial charge in [0.25, 0.3) is 0 Å². The maximum absolute atomic E-state index is 5.96.